The van der Waals surface area contributed by atoms with Crippen molar-refractivity contribution in [2.75, 3.05) is 31.1 Å². The highest BCUT2D eigenvalue weighted by Crippen LogP contribution is 2.50. The summed E-state index contributed by atoms with van der Waals surface area (Å²) in [7, 11) is 0. The number of allylic oxidation sites excluding steroid dienone is 2. The third kappa shape index (κ3) is 5.44. The Morgan fingerprint density at radius 1 is 1.10 bits per heavy atom. The lowest BCUT2D eigenvalue weighted by molar-refractivity contribution is 0.0998. The fraction of sp³-hybridized carbons (Fsp3) is 0.333. The first-order valence-electron chi connectivity index (χ1n) is 14.2. The molecule has 0 spiro atoms. The van der Waals surface area contributed by atoms with E-state index in [0.29, 0.717) is 22.1 Å². The molecule has 0 atom stereocenters. The van der Waals surface area contributed by atoms with Gasteiger partial charge in [0.2, 0.25) is 0 Å². The molecule has 2 aliphatic rings. The van der Waals surface area contributed by atoms with E-state index in [0.717, 1.165) is 78.9 Å². The standard InChI is InChI=1S/C33H36ClN5O2/c1-20-26(25-8-10-33(2,3)18-28(25)21-4-6-23(34)7-5-21)17-27(31(35)40)30(29(20)39-14-12-36-13-15-39)41-24-16-22-9-11-37-32(22)38-19-24/h4-7,9,11,16-17,19,36H,8,10,12-15,18H2,1-3H3,(H2,35,40)(H,37,38). The van der Waals surface area contributed by atoms with E-state index in [1.54, 1.807) is 6.20 Å². The lowest BCUT2D eigenvalue weighted by atomic mass is 9.70. The predicted octanol–water partition coefficient (Wildman–Crippen LogP) is 6.95. The van der Waals surface area contributed by atoms with E-state index in [1.807, 2.05) is 36.5 Å². The number of pyridine rings is 1. The molecule has 2 aromatic carbocycles. The van der Waals surface area contributed by atoms with Gasteiger partial charge < -0.3 is 25.7 Å². The Bertz CT molecular complexity index is 1650. The first kappa shape index (κ1) is 27.4. The summed E-state index contributed by atoms with van der Waals surface area (Å²) < 4.78 is 6.54. The van der Waals surface area contributed by atoms with Crippen LogP contribution >= 0.6 is 11.6 Å². The van der Waals surface area contributed by atoms with Crippen molar-refractivity contribution in [3.05, 3.63) is 82.1 Å². The number of aromatic nitrogens is 2. The van der Waals surface area contributed by atoms with Crippen LogP contribution in [0.15, 0.2) is 54.9 Å². The van der Waals surface area contributed by atoms with Gasteiger partial charge in [-0.15, -0.1) is 0 Å². The molecule has 4 N–H and O–H groups in total. The van der Waals surface area contributed by atoms with Crippen LogP contribution in [0.5, 0.6) is 11.5 Å². The number of piperazine rings is 1. The maximum absolute atomic E-state index is 13.1. The largest absolute Gasteiger partial charge is 0.453 e. The predicted molar refractivity (Wildman–Crippen MR) is 167 cm³/mol. The second-order valence-corrected chi connectivity index (χ2v) is 12.3. The lowest BCUT2D eigenvalue weighted by Crippen LogP contribution is -2.44. The smallest absolute Gasteiger partial charge is 0.252 e. The number of carbonyl (C=O) groups is 1. The molecule has 1 aliphatic heterocycles. The minimum absolute atomic E-state index is 0.160. The number of fused-ring (bicyclic) bond motifs is 1. The maximum atomic E-state index is 13.1. The van der Waals surface area contributed by atoms with Gasteiger partial charge in [-0.05, 0) is 89.8 Å². The fourth-order valence-corrected chi connectivity index (χ4v) is 6.34. The summed E-state index contributed by atoms with van der Waals surface area (Å²) in [6.07, 6.45) is 6.41. The summed E-state index contributed by atoms with van der Waals surface area (Å²) in [5, 5.41) is 5.09. The Hall–Kier alpha value is -3.81. The number of nitrogens with two attached hydrogens (primary N) is 1. The van der Waals surface area contributed by atoms with Gasteiger partial charge in [0, 0.05) is 42.8 Å². The Labute approximate surface area is 245 Å². The molecule has 2 aromatic heterocycles. The van der Waals surface area contributed by atoms with Gasteiger partial charge in [0.05, 0.1) is 17.4 Å². The highest BCUT2D eigenvalue weighted by molar-refractivity contribution is 6.30. The van der Waals surface area contributed by atoms with Crippen molar-refractivity contribution >= 4 is 45.4 Å². The molecule has 0 radical (unpaired) electrons. The van der Waals surface area contributed by atoms with Crippen LogP contribution in [0.4, 0.5) is 5.69 Å². The fourth-order valence-electron chi connectivity index (χ4n) is 6.22. The molecule has 7 nitrogen and oxygen atoms in total. The van der Waals surface area contributed by atoms with Crippen LogP contribution in [0.2, 0.25) is 5.02 Å². The van der Waals surface area contributed by atoms with E-state index in [1.165, 1.54) is 11.1 Å². The van der Waals surface area contributed by atoms with Gasteiger partial charge in [-0.3, -0.25) is 4.79 Å². The van der Waals surface area contributed by atoms with E-state index in [-0.39, 0.29) is 5.41 Å². The number of amides is 1. The van der Waals surface area contributed by atoms with E-state index >= 15 is 0 Å². The quantitative estimate of drug-likeness (QED) is 0.233. The number of primary amides is 1. The van der Waals surface area contributed by atoms with Crippen molar-refractivity contribution < 1.29 is 9.53 Å². The van der Waals surface area contributed by atoms with Gasteiger partial charge in [-0.2, -0.15) is 0 Å². The average Bonchev–Trinajstić information content (AvgIpc) is 3.42. The molecule has 212 valence electrons. The zero-order valence-electron chi connectivity index (χ0n) is 23.8. The van der Waals surface area contributed by atoms with Crippen molar-refractivity contribution in [3.63, 3.8) is 0 Å². The minimum atomic E-state index is -0.516. The van der Waals surface area contributed by atoms with Crippen molar-refractivity contribution in [1.82, 2.24) is 15.3 Å². The summed E-state index contributed by atoms with van der Waals surface area (Å²) in [6.45, 7) is 10.1. The molecule has 1 amide bonds. The summed E-state index contributed by atoms with van der Waals surface area (Å²) in [6, 6.07) is 13.9. The summed E-state index contributed by atoms with van der Waals surface area (Å²) in [5.74, 6) is 0.531. The Kier molecular flexibility index (Phi) is 7.26. The van der Waals surface area contributed by atoms with Crippen LogP contribution < -0.4 is 20.7 Å². The van der Waals surface area contributed by atoms with Gasteiger partial charge in [0.25, 0.3) is 5.91 Å². The monoisotopic (exact) mass is 569 g/mol. The summed E-state index contributed by atoms with van der Waals surface area (Å²) in [5.41, 5.74) is 14.2. The first-order valence-corrected chi connectivity index (χ1v) is 14.6. The molecule has 1 fully saturated rings. The summed E-state index contributed by atoms with van der Waals surface area (Å²) in [4.78, 5) is 23.0. The molecule has 0 bridgehead atoms. The maximum Gasteiger partial charge on any atom is 0.252 e. The molecule has 0 unspecified atom stereocenters. The minimum Gasteiger partial charge on any atom is -0.453 e. The number of ether oxygens (including phenoxy) is 1. The number of nitrogens with zero attached hydrogens (tertiary/aromatic N) is 2. The molecular formula is C33H36ClN5O2. The SMILES string of the molecule is Cc1c(C2=C(c3ccc(Cl)cc3)CC(C)(C)CC2)cc(C(N)=O)c(Oc2cnc3[nH]ccc3c2)c1N1CCNCC1. The highest BCUT2D eigenvalue weighted by Gasteiger charge is 2.32. The molecule has 4 aromatic rings. The molecule has 1 saturated heterocycles. The number of hydrogen-bond donors (Lipinski definition) is 3. The number of anilines is 1. The average molecular weight is 570 g/mol. The molecule has 1 aliphatic carbocycles. The molecule has 41 heavy (non-hydrogen) atoms. The first-order chi connectivity index (χ1) is 19.7. The zero-order valence-corrected chi connectivity index (χ0v) is 24.6. The van der Waals surface area contributed by atoms with Crippen LogP contribution in [0, 0.1) is 12.3 Å². The van der Waals surface area contributed by atoms with E-state index in [9.17, 15) is 4.79 Å². The van der Waals surface area contributed by atoms with Crippen LogP contribution in [0.3, 0.4) is 0 Å². The number of rotatable bonds is 6. The molecule has 8 heteroatoms. The third-order valence-corrected chi connectivity index (χ3v) is 8.64. The zero-order chi connectivity index (χ0) is 28.7. The van der Waals surface area contributed by atoms with Crippen LogP contribution in [-0.2, 0) is 0 Å². The number of nitrogens with one attached hydrogen (secondary N) is 2. The Balaban J connectivity index is 1.57. The number of aromatic amines is 1. The Morgan fingerprint density at radius 2 is 1.85 bits per heavy atom. The number of halogens is 1. The number of benzene rings is 2. The van der Waals surface area contributed by atoms with Crippen LogP contribution in [-0.4, -0.2) is 42.1 Å². The Morgan fingerprint density at radius 3 is 2.59 bits per heavy atom. The van der Waals surface area contributed by atoms with Gasteiger partial charge >= 0.3 is 0 Å². The molecule has 6 rings (SSSR count). The second kappa shape index (κ2) is 10.9. The number of carbonyl (C=O) groups excluding carboxylic acids is 1. The summed E-state index contributed by atoms with van der Waals surface area (Å²) >= 11 is 6.26. The van der Waals surface area contributed by atoms with E-state index in [4.69, 9.17) is 22.1 Å². The van der Waals surface area contributed by atoms with Crippen molar-refractivity contribution in [1.29, 1.82) is 0 Å². The van der Waals surface area contributed by atoms with Gasteiger partial charge in [0.15, 0.2) is 5.75 Å². The van der Waals surface area contributed by atoms with E-state index in [2.05, 4.69) is 53.1 Å². The van der Waals surface area contributed by atoms with Gasteiger partial charge in [0.1, 0.15) is 11.4 Å². The van der Waals surface area contributed by atoms with Crippen molar-refractivity contribution in [3.8, 4) is 11.5 Å². The third-order valence-electron chi connectivity index (χ3n) is 8.39. The molecular weight excluding hydrogens is 534 g/mol. The van der Waals surface area contributed by atoms with Crippen molar-refractivity contribution in [2.24, 2.45) is 11.1 Å². The number of hydrogen-bond acceptors (Lipinski definition) is 5. The lowest BCUT2D eigenvalue weighted by Gasteiger charge is -2.36. The number of H-pyrrole nitrogens is 1. The normalized spacial score (nSPS) is 17.2. The van der Waals surface area contributed by atoms with Crippen LogP contribution in [0.1, 0.15) is 60.2 Å². The second-order valence-electron chi connectivity index (χ2n) is 11.9. The van der Waals surface area contributed by atoms with Crippen LogP contribution in [0.25, 0.3) is 22.2 Å². The molecule has 3 heterocycles. The topological polar surface area (TPSA) is 96.3 Å². The van der Waals surface area contributed by atoms with Gasteiger partial charge in [-0.1, -0.05) is 37.6 Å². The van der Waals surface area contributed by atoms with E-state index < -0.39 is 5.91 Å². The van der Waals surface area contributed by atoms with Gasteiger partial charge in [-0.25, -0.2) is 4.98 Å². The highest BCUT2D eigenvalue weighted by atomic mass is 35.5. The molecule has 0 saturated carbocycles. The van der Waals surface area contributed by atoms with Crippen molar-refractivity contribution in [2.45, 2.75) is 40.0 Å².